The number of benzene rings is 2. The van der Waals surface area contributed by atoms with Gasteiger partial charge in [0.05, 0.1) is 11.6 Å². The highest BCUT2D eigenvalue weighted by Gasteiger charge is 2.39. The summed E-state index contributed by atoms with van der Waals surface area (Å²) in [4.78, 5) is 11.1. The van der Waals surface area contributed by atoms with Crippen LogP contribution in [-0.2, 0) is 0 Å². The third-order valence-electron chi connectivity index (χ3n) is 5.46. The van der Waals surface area contributed by atoms with E-state index in [1.807, 2.05) is 12.1 Å². The summed E-state index contributed by atoms with van der Waals surface area (Å²) < 4.78 is 0. The van der Waals surface area contributed by atoms with Crippen LogP contribution in [0.1, 0.15) is 51.0 Å². The second kappa shape index (κ2) is 5.52. The van der Waals surface area contributed by atoms with E-state index >= 15 is 0 Å². The lowest BCUT2D eigenvalue weighted by atomic mass is 9.75. The summed E-state index contributed by atoms with van der Waals surface area (Å²) in [5.41, 5.74) is 6.77. The summed E-state index contributed by atoms with van der Waals surface area (Å²) in [5.74, 6) is 0.0364. The molecule has 3 heteroatoms. The monoisotopic (exact) mass is 319 g/mol. The maximum atomic E-state index is 11.1. The van der Waals surface area contributed by atoms with Gasteiger partial charge in [-0.05, 0) is 60.6 Å². The van der Waals surface area contributed by atoms with Gasteiger partial charge in [0, 0.05) is 11.6 Å². The lowest BCUT2D eigenvalue weighted by Gasteiger charge is -2.39. The molecule has 1 heterocycles. The van der Waals surface area contributed by atoms with E-state index in [0.717, 1.165) is 12.0 Å². The Morgan fingerprint density at radius 2 is 1.79 bits per heavy atom. The molecule has 0 spiro atoms. The van der Waals surface area contributed by atoms with E-state index in [0.29, 0.717) is 17.4 Å². The summed E-state index contributed by atoms with van der Waals surface area (Å²) >= 11 is 0. The highest BCUT2D eigenvalue weighted by Crippen LogP contribution is 2.51. The van der Waals surface area contributed by atoms with Crippen LogP contribution in [0, 0.1) is 19.8 Å². The Balaban J connectivity index is 1.78. The fourth-order valence-corrected chi connectivity index (χ4v) is 4.21. The van der Waals surface area contributed by atoms with Gasteiger partial charge in [-0.3, -0.25) is 0 Å². The van der Waals surface area contributed by atoms with Crippen LogP contribution in [0.2, 0.25) is 0 Å². The number of fused-ring (bicyclic) bond motifs is 3. The number of hydrogen-bond donors (Lipinski definition) is 2. The average Bonchev–Trinajstić information content (AvgIpc) is 3.07. The van der Waals surface area contributed by atoms with Gasteiger partial charge in [-0.15, -0.1) is 0 Å². The van der Waals surface area contributed by atoms with E-state index in [4.69, 9.17) is 5.11 Å². The van der Waals surface area contributed by atoms with Gasteiger partial charge in [0.2, 0.25) is 0 Å². The zero-order valence-electron chi connectivity index (χ0n) is 13.9. The summed E-state index contributed by atoms with van der Waals surface area (Å²) in [6, 6.07) is 11.9. The second-order valence-corrected chi connectivity index (χ2v) is 6.89. The number of carboxylic acids is 1. The van der Waals surface area contributed by atoms with Crippen molar-refractivity contribution < 1.29 is 9.90 Å². The van der Waals surface area contributed by atoms with Crippen LogP contribution in [0.4, 0.5) is 5.69 Å². The molecule has 1 aliphatic heterocycles. The first-order valence-corrected chi connectivity index (χ1v) is 8.43. The van der Waals surface area contributed by atoms with E-state index in [1.54, 1.807) is 12.1 Å². The van der Waals surface area contributed by atoms with E-state index in [2.05, 4.69) is 43.4 Å². The van der Waals surface area contributed by atoms with E-state index in [1.165, 1.54) is 22.4 Å². The van der Waals surface area contributed by atoms with Crippen molar-refractivity contribution in [2.24, 2.45) is 5.92 Å². The fraction of sp³-hybridized carbons (Fsp3) is 0.286. The minimum atomic E-state index is -0.879. The summed E-state index contributed by atoms with van der Waals surface area (Å²) in [6.45, 7) is 4.33. The molecule has 2 aromatic rings. The number of hydrogen-bond acceptors (Lipinski definition) is 2. The van der Waals surface area contributed by atoms with E-state index in [9.17, 15) is 4.79 Å². The molecule has 0 radical (unpaired) electrons. The SMILES string of the molecule is Cc1ccc(C)c2c1NC(c1ccc(C(=O)O)cc1)C1CC=CC21. The van der Waals surface area contributed by atoms with Crippen molar-refractivity contribution in [2.45, 2.75) is 32.2 Å². The van der Waals surface area contributed by atoms with Gasteiger partial charge in [-0.2, -0.15) is 0 Å². The smallest absolute Gasteiger partial charge is 0.335 e. The second-order valence-electron chi connectivity index (χ2n) is 6.89. The van der Waals surface area contributed by atoms with Crippen molar-refractivity contribution >= 4 is 11.7 Å². The maximum Gasteiger partial charge on any atom is 0.335 e. The van der Waals surface area contributed by atoms with Crippen LogP contribution < -0.4 is 5.32 Å². The number of carboxylic acid groups (broad SMARTS) is 1. The van der Waals surface area contributed by atoms with Gasteiger partial charge in [0.25, 0.3) is 0 Å². The molecule has 1 aliphatic carbocycles. The molecule has 2 aliphatic rings. The van der Waals surface area contributed by atoms with Gasteiger partial charge >= 0.3 is 5.97 Å². The highest BCUT2D eigenvalue weighted by molar-refractivity contribution is 5.87. The molecule has 0 amide bonds. The molecule has 0 saturated heterocycles. The molecule has 2 aromatic carbocycles. The van der Waals surface area contributed by atoms with Gasteiger partial charge in [-0.25, -0.2) is 4.79 Å². The van der Waals surface area contributed by atoms with Crippen LogP contribution in [0.15, 0.2) is 48.6 Å². The third-order valence-corrected chi connectivity index (χ3v) is 5.46. The highest BCUT2D eigenvalue weighted by atomic mass is 16.4. The number of rotatable bonds is 2. The van der Waals surface area contributed by atoms with Crippen LogP contribution in [0.25, 0.3) is 0 Å². The Labute approximate surface area is 142 Å². The standard InChI is InChI=1S/C21H21NO2/c1-12-6-7-13(2)19-18(12)16-4-3-5-17(16)20(22-19)14-8-10-15(11-9-14)21(23)24/h3-4,6-11,16-17,20,22H,5H2,1-2H3,(H,23,24). The molecular weight excluding hydrogens is 298 g/mol. The lowest BCUT2D eigenvalue weighted by Crippen LogP contribution is -2.30. The molecule has 0 fully saturated rings. The number of aryl methyl sites for hydroxylation is 2. The minimum absolute atomic E-state index is 0.209. The summed E-state index contributed by atoms with van der Waals surface area (Å²) in [7, 11) is 0. The zero-order chi connectivity index (χ0) is 16.8. The van der Waals surface area contributed by atoms with Gasteiger partial charge in [0.15, 0.2) is 0 Å². The van der Waals surface area contributed by atoms with Crippen molar-refractivity contribution in [3.8, 4) is 0 Å². The molecule has 3 atom stereocenters. The number of allylic oxidation sites excluding steroid dienone is 2. The normalized spacial score (nSPS) is 24.2. The molecule has 0 bridgehead atoms. The molecule has 2 N–H and O–H groups in total. The molecule has 0 aromatic heterocycles. The van der Waals surface area contributed by atoms with Gasteiger partial charge < -0.3 is 10.4 Å². The van der Waals surface area contributed by atoms with Crippen LogP contribution in [0.3, 0.4) is 0 Å². The number of carbonyl (C=O) groups is 1. The average molecular weight is 319 g/mol. The Kier molecular flexibility index (Phi) is 3.45. The Bertz CT molecular complexity index is 836. The first-order valence-electron chi connectivity index (χ1n) is 8.43. The first-order chi connectivity index (χ1) is 11.6. The zero-order valence-corrected chi connectivity index (χ0v) is 13.9. The van der Waals surface area contributed by atoms with Crippen molar-refractivity contribution in [1.29, 1.82) is 0 Å². The van der Waals surface area contributed by atoms with Crippen molar-refractivity contribution in [2.75, 3.05) is 5.32 Å². The lowest BCUT2D eigenvalue weighted by molar-refractivity contribution is 0.0697. The van der Waals surface area contributed by atoms with E-state index < -0.39 is 5.97 Å². The molecule has 24 heavy (non-hydrogen) atoms. The van der Waals surface area contributed by atoms with E-state index in [-0.39, 0.29) is 6.04 Å². The maximum absolute atomic E-state index is 11.1. The van der Waals surface area contributed by atoms with Gasteiger partial charge in [0.1, 0.15) is 0 Å². The quantitative estimate of drug-likeness (QED) is 0.780. The molecule has 4 rings (SSSR count). The summed E-state index contributed by atoms with van der Waals surface area (Å²) in [6.07, 6.45) is 5.68. The number of nitrogens with one attached hydrogen (secondary N) is 1. The van der Waals surface area contributed by atoms with Crippen LogP contribution in [0.5, 0.6) is 0 Å². The molecule has 122 valence electrons. The third kappa shape index (κ3) is 2.23. The topological polar surface area (TPSA) is 49.3 Å². The molecule has 0 saturated carbocycles. The number of anilines is 1. The number of aromatic carboxylic acids is 1. The van der Waals surface area contributed by atoms with Crippen LogP contribution in [-0.4, -0.2) is 11.1 Å². The van der Waals surface area contributed by atoms with Crippen LogP contribution >= 0.6 is 0 Å². The predicted molar refractivity (Wildman–Crippen MR) is 95.7 cm³/mol. The minimum Gasteiger partial charge on any atom is -0.478 e. The van der Waals surface area contributed by atoms with Crippen molar-refractivity contribution in [1.82, 2.24) is 0 Å². The Hall–Kier alpha value is -2.55. The predicted octanol–water partition coefficient (Wildman–Crippen LogP) is 4.83. The summed E-state index contributed by atoms with van der Waals surface area (Å²) in [5, 5.41) is 12.9. The van der Waals surface area contributed by atoms with Crippen molar-refractivity contribution in [3.63, 3.8) is 0 Å². The fourth-order valence-electron chi connectivity index (χ4n) is 4.21. The molecule has 3 nitrogen and oxygen atoms in total. The molecule has 3 unspecified atom stereocenters. The molecular formula is C21H21NO2. The Morgan fingerprint density at radius 1 is 1.08 bits per heavy atom. The largest absolute Gasteiger partial charge is 0.478 e. The van der Waals surface area contributed by atoms with Gasteiger partial charge in [-0.1, -0.05) is 36.4 Å². The Morgan fingerprint density at radius 3 is 2.50 bits per heavy atom. The van der Waals surface area contributed by atoms with Crippen molar-refractivity contribution in [3.05, 3.63) is 76.4 Å². The first kappa shape index (κ1) is 15.0.